The number of hydrogen-bond donors (Lipinski definition) is 0. The molecule has 0 saturated carbocycles. The summed E-state index contributed by atoms with van der Waals surface area (Å²) in [5.41, 5.74) is 6.80. The molecule has 0 atom stereocenters. The highest BCUT2D eigenvalue weighted by Gasteiger charge is 2.21. The standard InChI is InChI=1S/C47H27N3OS/c1-2-12-28(13-3-1)32-18-9-20-35-36-21-11-24-39(44(36)52-43(32)35)47-49-45(37-22-8-15-30-27-26-29-14-4-5-16-31(29)41(30)37)48-46(50-47)38-23-10-19-34-33-17-6-7-25-40(33)51-42(34)38/h1-27H. The molecule has 0 aliphatic carbocycles. The van der Waals surface area contributed by atoms with Crippen LogP contribution in [0.15, 0.2) is 168 Å². The van der Waals surface area contributed by atoms with Gasteiger partial charge in [0.25, 0.3) is 0 Å². The van der Waals surface area contributed by atoms with Gasteiger partial charge in [0.1, 0.15) is 11.2 Å². The second-order valence-corrected chi connectivity index (χ2v) is 14.1. The highest BCUT2D eigenvalue weighted by Crippen LogP contribution is 2.44. The van der Waals surface area contributed by atoms with Crippen molar-refractivity contribution in [3.05, 3.63) is 164 Å². The summed E-state index contributed by atoms with van der Waals surface area (Å²) >= 11 is 1.80. The molecule has 0 aliphatic rings. The summed E-state index contributed by atoms with van der Waals surface area (Å²) in [6.45, 7) is 0. The van der Waals surface area contributed by atoms with Crippen LogP contribution in [-0.2, 0) is 0 Å². The van der Waals surface area contributed by atoms with Crippen LogP contribution in [0.2, 0.25) is 0 Å². The number of benzene rings is 8. The number of aromatic nitrogens is 3. The minimum atomic E-state index is 0.574. The van der Waals surface area contributed by atoms with Crippen LogP contribution in [0.4, 0.5) is 0 Å². The molecule has 8 aromatic carbocycles. The minimum Gasteiger partial charge on any atom is -0.455 e. The maximum atomic E-state index is 6.52. The highest BCUT2D eigenvalue weighted by atomic mass is 32.1. The van der Waals surface area contributed by atoms with Crippen LogP contribution in [0.1, 0.15) is 0 Å². The molecule has 3 heterocycles. The summed E-state index contributed by atoms with van der Waals surface area (Å²) in [5, 5.41) is 9.12. The largest absolute Gasteiger partial charge is 0.455 e. The maximum Gasteiger partial charge on any atom is 0.167 e. The molecule has 11 rings (SSSR count). The van der Waals surface area contributed by atoms with Crippen molar-refractivity contribution in [3.8, 4) is 45.3 Å². The van der Waals surface area contributed by atoms with Crippen molar-refractivity contribution in [2.24, 2.45) is 0 Å². The molecule has 0 spiro atoms. The number of furan rings is 1. The monoisotopic (exact) mass is 681 g/mol. The third-order valence-corrected chi connectivity index (χ3v) is 11.4. The van der Waals surface area contributed by atoms with E-state index in [-0.39, 0.29) is 0 Å². The van der Waals surface area contributed by atoms with Gasteiger partial charge in [-0.2, -0.15) is 0 Å². The average Bonchev–Trinajstić information content (AvgIpc) is 3.79. The summed E-state index contributed by atoms with van der Waals surface area (Å²) in [6.07, 6.45) is 0. The minimum absolute atomic E-state index is 0.574. The number of rotatable bonds is 4. The van der Waals surface area contributed by atoms with Crippen LogP contribution in [0.3, 0.4) is 0 Å². The lowest BCUT2D eigenvalue weighted by atomic mass is 9.97. The van der Waals surface area contributed by atoms with E-state index in [2.05, 4.69) is 146 Å². The lowest BCUT2D eigenvalue weighted by Crippen LogP contribution is -2.01. The van der Waals surface area contributed by atoms with Crippen LogP contribution in [0, 0.1) is 0 Å². The third-order valence-electron chi connectivity index (χ3n) is 10.1. The fraction of sp³-hybridized carbons (Fsp3) is 0. The zero-order chi connectivity index (χ0) is 34.2. The Morgan fingerprint density at radius 2 is 0.904 bits per heavy atom. The van der Waals surface area contributed by atoms with Crippen molar-refractivity contribution in [2.75, 3.05) is 0 Å². The number of hydrogen-bond acceptors (Lipinski definition) is 5. The van der Waals surface area contributed by atoms with Gasteiger partial charge in [0.15, 0.2) is 17.5 Å². The average molecular weight is 682 g/mol. The Morgan fingerprint density at radius 1 is 0.365 bits per heavy atom. The van der Waals surface area contributed by atoms with Gasteiger partial charge in [-0.05, 0) is 45.5 Å². The highest BCUT2D eigenvalue weighted by molar-refractivity contribution is 7.26. The second kappa shape index (κ2) is 11.4. The van der Waals surface area contributed by atoms with E-state index in [1.807, 2.05) is 18.2 Å². The lowest BCUT2D eigenvalue weighted by Gasteiger charge is -2.12. The van der Waals surface area contributed by atoms with E-state index in [0.29, 0.717) is 17.5 Å². The fourth-order valence-electron chi connectivity index (χ4n) is 7.75. The van der Waals surface area contributed by atoms with Gasteiger partial charge in [-0.3, -0.25) is 0 Å². The summed E-state index contributed by atoms with van der Waals surface area (Å²) in [7, 11) is 0. The Morgan fingerprint density at radius 3 is 1.73 bits per heavy atom. The van der Waals surface area contributed by atoms with E-state index in [1.165, 1.54) is 37.4 Å². The van der Waals surface area contributed by atoms with Crippen molar-refractivity contribution in [2.45, 2.75) is 0 Å². The van der Waals surface area contributed by atoms with E-state index >= 15 is 0 Å². The van der Waals surface area contributed by atoms with Gasteiger partial charge in [-0.25, -0.2) is 15.0 Å². The van der Waals surface area contributed by atoms with E-state index in [0.717, 1.165) is 54.1 Å². The van der Waals surface area contributed by atoms with Crippen molar-refractivity contribution >= 4 is 75.0 Å². The Balaban J connectivity index is 1.22. The Kier molecular flexibility index (Phi) is 6.39. The van der Waals surface area contributed by atoms with Crippen LogP contribution in [0.5, 0.6) is 0 Å². The third kappa shape index (κ3) is 4.43. The predicted octanol–water partition coefficient (Wildman–Crippen LogP) is 13.1. The molecule has 0 N–H and O–H groups in total. The first-order valence-electron chi connectivity index (χ1n) is 17.4. The fourth-order valence-corrected chi connectivity index (χ4v) is 9.09. The molecule has 0 fully saturated rings. The van der Waals surface area contributed by atoms with Gasteiger partial charge < -0.3 is 4.42 Å². The first-order valence-corrected chi connectivity index (χ1v) is 18.2. The summed E-state index contributed by atoms with van der Waals surface area (Å²) in [5.74, 6) is 1.83. The SMILES string of the molecule is c1ccc(-c2cccc3c2sc2c(-c4nc(-c5cccc6c5oc5ccccc56)nc(-c5cccc6ccc7ccccc7c56)n4)cccc23)cc1. The molecule has 3 aromatic heterocycles. The molecule has 0 amide bonds. The van der Waals surface area contributed by atoms with Gasteiger partial charge >= 0.3 is 0 Å². The van der Waals surface area contributed by atoms with Crippen LogP contribution < -0.4 is 0 Å². The van der Waals surface area contributed by atoms with Gasteiger partial charge in [0, 0.05) is 47.5 Å². The molecule has 242 valence electrons. The van der Waals surface area contributed by atoms with Gasteiger partial charge in [0.05, 0.1) is 5.56 Å². The second-order valence-electron chi connectivity index (χ2n) is 13.1. The normalized spacial score (nSPS) is 11.8. The molecule has 0 unspecified atom stereocenters. The Bertz CT molecular complexity index is 3200. The van der Waals surface area contributed by atoms with Crippen LogP contribution in [0.25, 0.3) is 109 Å². The van der Waals surface area contributed by atoms with Gasteiger partial charge in [-0.1, -0.05) is 146 Å². The molecular weight excluding hydrogens is 655 g/mol. The molecular formula is C47H27N3OS. The van der Waals surface area contributed by atoms with Crippen molar-refractivity contribution in [1.82, 2.24) is 15.0 Å². The molecule has 0 aliphatic heterocycles. The summed E-state index contributed by atoms with van der Waals surface area (Å²) in [6, 6.07) is 57.3. The molecule has 11 aromatic rings. The molecule has 4 nitrogen and oxygen atoms in total. The van der Waals surface area contributed by atoms with Crippen LogP contribution in [-0.4, -0.2) is 15.0 Å². The van der Waals surface area contributed by atoms with E-state index in [4.69, 9.17) is 19.4 Å². The first-order chi connectivity index (χ1) is 25.8. The van der Waals surface area contributed by atoms with Crippen molar-refractivity contribution < 1.29 is 4.42 Å². The van der Waals surface area contributed by atoms with Gasteiger partial charge in [0.2, 0.25) is 0 Å². The molecule has 5 heteroatoms. The molecule has 52 heavy (non-hydrogen) atoms. The maximum absolute atomic E-state index is 6.52. The topological polar surface area (TPSA) is 51.8 Å². The Labute approximate surface area is 302 Å². The quantitative estimate of drug-likeness (QED) is 0.174. The van der Waals surface area contributed by atoms with E-state index in [9.17, 15) is 0 Å². The van der Waals surface area contributed by atoms with E-state index in [1.54, 1.807) is 11.3 Å². The number of para-hydroxylation sites is 2. The zero-order valence-corrected chi connectivity index (χ0v) is 28.6. The van der Waals surface area contributed by atoms with Crippen LogP contribution >= 0.6 is 11.3 Å². The molecule has 0 bridgehead atoms. The van der Waals surface area contributed by atoms with Crippen molar-refractivity contribution in [3.63, 3.8) is 0 Å². The molecule has 0 saturated heterocycles. The molecule has 0 radical (unpaired) electrons. The number of nitrogens with zero attached hydrogens (tertiary/aromatic N) is 3. The number of thiophene rings is 1. The van der Waals surface area contributed by atoms with Gasteiger partial charge in [-0.15, -0.1) is 11.3 Å². The summed E-state index contributed by atoms with van der Waals surface area (Å²) < 4.78 is 8.92. The number of fused-ring (bicyclic) bond motifs is 9. The Hall–Kier alpha value is -6.69. The van der Waals surface area contributed by atoms with E-state index < -0.39 is 0 Å². The lowest BCUT2D eigenvalue weighted by molar-refractivity contribution is 0.669. The summed E-state index contributed by atoms with van der Waals surface area (Å²) in [4.78, 5) is 15.9. The smallest absolute Gasteiger partial charge is 0.167 e. The van der Waals surface area contributed by atoms with Crippen molar-refractivity contribution in [1.29, 1.82) is 0 Å². The zero-order valence-electron chi connectivity index (χ0n) is 27.7. The first kappa shape index (κ1) is 29.1. The predicted molar refractivity (Wildman–Crippen MR) is 217 cm³/mol.